The molecule has 2 N–H and O–H groups in total. The summed E-state index contributed by atoms with van der Waals surface area (Å²) in [6, 6.07) is 15.6. The zero-order valence-electron chi connectivity index (χ0n) is 17.0. The monoisotopic (exact) mass is 495 g/mol. The van der Waals surface area contributed by atoms with Crippen molar-refractivity contribution in [2.24, 2.45) is 0 Å². The first-order valence-corrected chi connectivity index (χ1v) is 12.3. The summed E-state index contributed by atoms with van der Waals surface area (Å²) in [5.74, 6) is -1.07. The summed E-state index contributed by atoms with van der Waals surface area (Å²) >= 11 is 3.31. The predicted molar refractivity (Wildman–Crippen MR) is 122 cm³/mol. The molecule has 0 saturated carbocycles. The molecule has 0 aliphatic rings. The Bertz CT molecular complexity index is 967. The van der Waals surface area contributed by atoms with Crippen LogP contribution in [0.5, 0.6) is 0 Å². The third-order valence-electron chi connectivity index (χ3n) is 4.46. The van der Waals surface area contributed by atoms with Gasteiger partial charge < -0.3 is 15.5 Å². The smallest absolute Gasteiger partial charge is 0.253 e. The Morgan fingerprint density at radius 1 is 1.07 bits per heavy atom. The second kappa shape index (κ2) is 11.1. The van der Waals surface area contributed by atoms with Gasteiger partial charge in [0.25, 0.3) is 5.91 Å². The second-order valence-electron chi connectivity index (χ2n) is 6.97. The second-order valence-corrected chi connectivity index (χ2v) is 10.1. The average Bonchev–Trinajstić information content (AvgIpc) is 2.71. The number of para-hydroxylation sites is 1. The van der Waals surface area contributed by atoms with Crippen molar-refractivity contribution in [1.29, 1.82) is 0 Å². The first kappa shape index (κ1) is 23.9. The molecule has 162 valence electrons. The highest BCUT2D eigenvalue weighted by atomic mass is 79.9. The van der Waals surface area contributed by atoms with Gasteiger partial charge in [0, 0.05) is 36.6 Å². The van der Waals surface area contributed by atoms with Crippen molar-refractivity contribution < 1.29 is 18.0 Å². The van der Waals surface area contributed by atoms with Gasteiger partial charge in [0.05, 0.1) is 11.3 Å². The molecule has 1 unspecified atom stereocenters. The maximum absolute atomic E-state index is 12.7. The van der Waals surface area contributed by atoms with E-state index in [1.807, 2.05) is 42.3 Å². The number of benzene rings is 2. The van der Waals surface area contributed by atoms with Crippen molar-refractivity contribution in [3.05, 3.63) is 64.6 Å². The normalized spacial score (nSPS) is 12.1. The van der Waals surface area contributed by atoms with E-state index in [4.69, 9.17) is 0 Å². The topological polar surface area (TPSA) is 95.6 Å². The van der Waals surface area contributed by atoms with E-state index < -0.39 is 27.7 Å². The summed E-state index contributed by atoms with van der Waals surface area (Å²) in [4.78, 5) is 27.3. The summed E-state index contributed by atoms with van der Waals surface area (Å²) in [7, 11) is -1.37. The maximum Gasteiger partial charge on any atom is 0.253 e. The van der Waals surface area contributed by atoms with Crippen LogP contribution in [0.1, 0.15) is 16.8 Å². The van der Waals surface area contributed by atoms with Gasteiger partial charge in [-0.2, -0.15) is 0 Å². The van der Waals surface area contributed by atoms with Crippen molar-refractivity contribution in [1.82, 2.24) is 10.6 Å². The van der Waals surface area contributed by atoms with Crippen LogP contribution in [0.4, 0.5) is 5.69 Å². The zero-order chi connectivity index (χ0) is 22.1. The Morgan fingerprint density at radius 2 is 1.70 bits per heavy atom. The third-order valence-corrected chi connectivity index (χ3v) is 6.13. The van der Waals surface area contributed by atoms with Gasteiger partial charge >= 0.3 is 0 Å². The molecule has 0 aromatic heterocycles. The lowest BCUT2D eigenvalue weighted by Gasteiger charge is -2.22. The molecular weight excluding hydrogens is 470 g/mol. The molecule has 2 aromatic carbocycles. The van der Waals surface area contributed by atoms with Crippen LogP contribution in [0.3, 0.4) is 0 Å². The summed E-state index contributed by atoms with van der Waals surface area (Å²) in [6.07, 6.45) is 1.10. The lowest BCUT2D eigenvalue weighted by molar-refractivity contribution is -0.122. The first-order chi connectivity index (χ1) is 14.2. The van der Waals surface area contributed by atoms with Crippen LogP contribution in [0.25, 0.3) is 0 Å². The molecule has 9 heteroatoms. The lowest BCUT2D eigenvalue weighted by atomic mass is 10.1. The maximum atomic E-state index is 12.7. The number of nitrogens with zero attached hydrogens (tertiary/aromatic N) is 1. The van der Waals surface area contributed by atoms with Crippen molar-refractivity contribution in [3.63, 3.8) is 0 Å². The van der Waals surface area contributed by atoms with E-state index in [2.05, 4.69) is 26.6 Å². The lowest BCUT2D eigenvalue weighted by Crippen LogP contribution is -2.48. The van der Waals surface area contributed by atoms with Gasteiger partial charge in [-0.15, -0.1) is 0 Å². The van der Waals surface area contributed by atoms with Crippen molar-refractivity contribution >= 4 is 43.3 Å². The molecule has 2 rings (SSSR count). The van der Waals surface area contributed by atoms with Gasteiger partial charge in [0.15, 0.2) is 0 Å². The Hall–Kier alpha value is -2.39. The average molecular weight is 496 g/mol. The van der Waals surface area contributed by atoms with E-state index in [9.17, 15) is 18.0 Å². The third kappa shape index (κ3) is 7.79. The molecule has 30 heavy (non-hydrogen) atoms. The minimum Gasteiger partial charge on any atom is -0.373 e. The van der Waals surface area contributed by atoms with Crippen LogP contribution in [-0.2, 0) is 14.6 Å². The van der Waals surface area contributed by atoms with Crippen LogP contribution >= 0.6 is 15.9 Å². The first-order valence-electron chi connectivity index (χ1n) is 9.44. The van der Waals surface area contributed by atoms with Gasteiger partial charge in [-0.05, 0) is 46.6 Å². The van der Waals surface area contributed by atoms with Crippen molar-refractivity contribution in [2.45, 2.75) is 12.5 Å². The molecule has 0 aliphatic carbocycles. The number of amides is 2. The van der Waals surface area contributed by atoms with E-state index in [0.29, 0.717) is 23.1 Å². The van der Waals surface area contributed by atoms with E-state index in [-0.39, 0.29) is 12.2 Å². The van der Waals surface area contributed by atoms with Crippen LogP contribution in [-0.4, -0.2) is 58.4 Å². The van der Waals surface area contributed by atoms with E-state index in [0.717, 1.165) is 11.9 Å². The summed E-state index contributed by atoms with van der Waals surface area (Å²) in [5, 5.41) is 5.45. The highest BCUT2D eigenvalue weighted by Crippen LogP contribution is 2.16. The minimum atomic E-state index is -3.28. The molecule has 0 heterocycles. The van der Waals surface area contributed by atoms with Gasteiger partial charge in [0.2, 0.25) is 5.91 Å². The largest absolute Gasteiger partial charge is 0.373 e. The number of sulfone groups is 1. The molecule has 0 saturated heterocycles. The number of halogens is 1. The Balaban J connectivity index is 1.99. The number of likely N-dealkylation sites (N-methyl/N-ethyl adjacent to an activating group) is 1. The summed E-state index contributed by atoms with van der Waals surface area (Å²) < 4.78 is 23.7. The molecule has 0 spiro atoms. The fraction of sp³-hybridized carbons (Fsp3) is 0.333. The molecule has 0 aliphatic heterocycles. The number of carbonyl (C=O) groups is 2. The van der Waals surface area contributed by atoms with Gasteiger partial charge in [0.1, 0.15) is 15.9 Å². The van der Waals surface area contributed by atoms with Crippen molar-refractivity contribution in [2.75, 3.05) is 37.0 Å². The van der Waals surface area contributed by atoms with Gasteiger partial charge in [-0.3, -0.25) is 9.59 Å². The Labute approximate surface area is 185 Å². The molecule has 7 nitrogen and oxygen atoms in total. The number of nitrogens with one attached hydrogen (secondary N) is 2. The van der Waals surface area contributed by atoms with E-state index in [1.165, 1.54) is 0 Å². The Kier molecular flexibility index (Phi) is 8.86. The molecule has 1 atom stereocenters. The molecular formula is C21H26BrN3O4S. The molecule has 2 aromatic rings. The van der Waals surface area contributed by atoms with Crippen LogP contribution < -0.4 is 15.5 Å². The number of rotatable bonds is 10. The van der Waals surface area contributed by atoms with Crippen LogP contribution in [0.15, 0.2) is 59.1 Å². The zero-order valence-corrected chi connectivity index (χ0v) is 19.4. The van der Waals surface area contributed by atoms with Gasteiger partial charge in [-0.25, -0.2) is 8.42 Å². The fourth-order valence-electron chi connectivity index (χ4n) is 2.76. The molecule has 0 bridgehead atoms. The van der Waals surface area contributed by atoms with Gasteiger partial charge in [-0.1, -0.05) is 30.3 Å². The van der Waals surface area contributed by atoms with Crippen LogP contribution in [0.2, 0.25) is 0 Å². The molecule has 2 amide bonds. The highest BCUT2D eigenvalue weighted by Gasteiger charge is 2.23. The SMILES string of the molecule is CN(CCNC(=O)C(CCS(C)(=O)=O)NC(=O)c1ccccc1Br)c1ccccc1. The molecule has 0 fully saturated rings. The number of hydrogen-bond acceptors (Lipinski definition) is 5. The highest BCUT2D eigenvalue weighted by molar-refractivity contribution is 9.10. The van der Waals surface area contributed by atoms with Crippen molar-refractivity contribution in [3.8, 4) is 0 Å². The molecule has 0 radical (unpaired) electrons. The standard InChI is InChI=1S/C21H26BrN3O4S/c1-25(16-8-4-3-5-9-16)14-13-23-21(27)19(12-15-30(2,28)29)24-20(26)17-10-6-7-11-18(17)22/h3-11,19H,12-15H2,1-2H3,(H,23,27)(H,24,26). The number of hydrogen-bond donors (Lipinski definition) is 2. The number of carbonyl (C=O) groups excluding carboxylic acids is 2. The fourth-order valence-corrected chi connectivity index (χ4v) is 3.89. The Morgan fingerprint density at radius 3 is 2.33 bits per heavy atom. The minimum absolute atomic E-state index is 0.00458. The quantitative estimate of drug-likeness (QED) is 0.526. The van der Waals surface area contributed by atoms with Crippen LogP contribution in [0, 0.1) is 0 Å². The summed E-state index contributed by atoms with van der Waals surface area (Å²) in [6.45, 7) is 0.914. The predicted octanol–water partition coefficient (Wildman–Crippen LogP) is 2.23. The summed E-state index contributed by atoms with van der Waals surface area (Å²) in [5.41, 5.74) is 1.39. The van der Waals surface area contributed by atoms with E-state index >= 15 is 0 Å². The van der Waals surface area contributed by atoms with E-state index in [1.54, 1.807) is 24.3 Å². The number of anilines is 1.